The molecule has 2 atom stereocenters. The van der Waals surface area contributed by atoms with Gasteiger partial charge in [-0.15, -0.1) is 11.8 Å². The molecule has 0 radical (unpaired) electrons. The van der Waals surface area contributed by atoms with E-state index >= 15 is 0 Å². The Kier molecular flexibility index (Phi) is 11.2. The first kappa shape index (κ1) is 27.8. The summed E-state index contributed by atoms with van der Waals surface area (Å²) in [5.41, 5.74) is 2.11. The summed E-state index contributed by atoms with van der Waals surface area (Å²) in [7, 11) is 0. The van der Waals surface area contributed by atoms with E-state index in [0.29, 0.717) is 23.0 Å². The molecule has 0 aliphatic heterocycles. The van der Waals surface area contributed by atoms with E-state index in [1.54, 1.807) is 44.2 Å². The van der Waals surface area contributed by atoms with Crippen molar-refractivity contribution < 1.29 is 19.0 Å². The molecular weight excluding hydrogens is 483 g/mol. The highest BCUT2D eigenvalue weighted by molar-refractivity contribution is 5.28. The summed E-state index contributed by atoms with van der Waals surface area (Å²) in [6.07, 6.45) is 0.586. The summed E-state index contributed by atoms with van der Waals surface area (Å²) >= 11 is 0. The van der Waals surface area contributed by atoms with Crippen LogP contribution in [-0.2, 0) is 0 Å². The summed E-state index contributed by atoms with van der Waals surface area (Å²) in [5, 5.41) is 10.2. The van der Waals surface area contributed by atoms with Gasteiger partial charge in [-0.2, -0.15) is 0 Å². The molecule has 1 N–H and O–H groups in total. The van der Waals surface area contributed by atoms with Crippen LogP contribution < -0.4 is 9.47 Å². The number of benzene rings is 2. The number of aliphatic hydroxyl groups is 1. The Morgan fingerprint density at radius 1 is 0.711 bits per heavy atom. The van der Waals surface area contributed by atoms with Gasteiger partial charge in [0.15, 0.2) is 19.4 Å². The first-order valence-corrected chi connectivity index (χ1v) is 11.7. The predicted molar refractivity (Wildman–Crippen MR) is 142 cm³/mol. The Labute approximate surface area is 221 Å². The summed E-state index contributed by atoms with van der Waals surface area (Å²) in [5.74, 6) is 11.7. The van der Waals surface area contributed by atoms with Crippen LogP contribution in [-0.4, -0.2) is 38.3 Å². The molecule has 0 spiro atoms. The van der Waals surface area contributed by atoms with Gasteiger partial charge in [-0.1, -0.05) is 72.5 Å². The van der Waals surface area contributed by atoms with Crippen molar-refractivity contribution in [3.8, 4) is 35.4 Å². The number of aliphatic hydroxyl groups excluding tert-OH is 1. The molecular formula is C30H27FN4O3. The molecule has 2 unspecified atom stereocenters. The first-order valence-electron chi connectivity index (χ1n) is 11.7. The predicted octanol–water partition coefficient (Wildman–Crippen LogP) is 4.90. The van der Waals surface area contributed by atoms with Crippen LogP contribution in [0, 0.1) is 23.7 Å². The zero-order valence-corrected chi connectivity index (χ0v) is 21.1. The van der Waals surface area contributed by atoms with E-state index in [-0.39, 0.29) is 18.9 Å². The van der Waals surface area contributed by atoms with E-state index < -0.39 is 12.3 Å². The van der Waals surface area contributed by atoms with Crippen LogP contribution in [0.5, 0.6) is 11.8 Å². The van der Waals surface area contributed by atoms with E-state index in [0.717, 1.165) is 5.56 Å². The van der Waals surface area contributed by atoms with E-state index in [1.165, 1.54) is 18.7 Å². The second-order valence-corrected chi connectivity index (χ2v) is 7.58. The lowest BCUT2D eigenvalue weighted by molar-refractivity contribution is 0.214. The maximum atomic E-state index is 14.3. The molecule has 2 heterocycles. The van der Waals surface area contributed by atoms with Crippen molar-refractivity contribution in [1.29, 1.82) is 0 Å². The van der Waals surface area contributed by atoms with Gasteiger partial charge in [0.2, 0.25) is 11.8 Å². The van der Waals surface area contributed by atoms with E-state index in [1.807, 2.05) is 36.4 Å². The van der Waals surface area contributed by atoms with Crippen molar-refractivity contribution in [3.05, 3.63) is 108 Å². The summed E-state index contributed by atoms with van der Waals surface area (Å²) < 4.78 is 24.9. The quantitative estimate of drug-likeness (QED) is 0.337. The molecule has 0 bridgehead atoms. The topological polar surface area (TPSA) is 90.3 Å². The number of halogens is 1. The Morgan fingerprint density at radius 2 is 1.18 bits per heavy atom. The highest BCUT2D eigenvalue weighted by Crippen LogP contribution is 2.25. The van der Waals surface area contributed by atoms with Crippen LogP contribution in [0.2, 0.25) is 0 Å². The van der Waals surface area contributed by atoms with Gasteiger partial charge >= 0.3 is 0 Å². The highest BCUT2D eigenvalue weighted by atomic mass is 19.1. The van der Waals surface area contributed by atoms with Crippen molar-refractivity contribution >= 4 is 0 Å². The van der Waals surface area contributed by atoms with Crippen LogP contribution in [0.3, 0.4) is 0 Å². The number of alkyl halides is 1. The molecule has 192 valence electrons. The smallest absolute Gasteiger partial charge is 0.217 e. The first-order chi connectivity index (χ1) is 18.6. The number of ether oxygens (including phenoxy) is 2. The minimum absolute atomic E-state index is 0.231. The number of hydrogen-bond donors (Lipinski definition) is 1. The summed E-state index contributed by atoms with van der Waals surface area (Å²) in [6, 6.07) is 21.3. The number of nitrogens with zero attached hydrogens (tertiary/aromatic N) is 4. The van der Waals surface area contributed by atoms with E-state index in [9.17, 15) is 9.50 Å². The standard InChI is InChI=1S/C15H13FN2O.C15H14N2O2/c1-2-3-9-19-14-10-13(17-11-18-14)15(16)12-7-5-4-6-8-12;1-2-3-9-19-14-10-13(16-11-17-14)15(18)12-7-5-4-6-8-12/h4-8,10-11,15H,9H2,1H3;4-8,10-11,15,18H,9H2,1H3. The largest absolute Gasteiger partial charge is 0.464 e. The van der Waals surface area contributed by atoms with Crippen LogP contribution in [0.15, 0.2) is 85.5 Å². The zero-order chi connectivity index (χ0) is 27.0. The average Bonchev–Trinajstić information content (AvgIpc) is 2.98. The van der Waals surface area contributed by atoms with Gasteiger partial charge < -0.3 is 14.6 Å². The monoisotopic (exact) mass is 510 g/mol. The molecule has 4 rings (SSSR count). The molecule has 2 aromatic heterocycles. The van der Waals surface area contributed by atoms with Gasteiger partial charge in [0.05, 0.1) is 11.4 Å². The average molecular weight is 511 g/mol. The zero-order valence-electron chi connectivity index (χ0n) is 21.1. The fraction of sp³-hybridized carbons (Fsp3) is 0.200. The van der Waals surface area contributed by atoms with Gasteiger partial charge in [0.25, 0.3) is 0 Å². The molecule has 0 aliphatic rings. The highest BCUT2D eigenvalue weighted by Gasteiger charge is 2.15. The molecule has 4 aromatic rings. The molecule has 8 heteroatoms. The molecule has 7 nitrogen and oxygen atoms in total. The van der Waals surface area contributed by atoms with Gasteiger partial charge in [-0.3, -0.25) is 0 Å². The Bertz CT molecular complexity index is 1290. The van der Waals surface area contributed by atoms with Crippen molar-refractivity contribution in [2.24, 2.45) is 0 Å². The van der Waals surface area contributed by atoms with Gasteiger partial charge in [0.1, 0.15) is 18.8 Å². The summed E-state index contributed by atoms with van der Waals surface area (Å²) in [6.45, 7) is 3.97. The SMILES string of the molecule is CC#CCOc1cc(C(F)c2ccccc2)ncn1.CC#CCOc1cc(C(O)c2ccccc2)ncn1. The van der Waals surface area contributed by atoms with Crippen molar-refractivity contribution in [2.75, 3.05) is 13.2 Å². The molecule has 38 heavy (non-hydrogen) atoms. The second-order valence-electron chi connectivity index (χ2n) is 7.58. The number of aromatic nitrogens is 4. The molecule has 0 saturated carbocycles. The maximum Gasteiger partial charge on any atom is 0.217 e. The van der Waals surface area contributed by atoms with Crippen molar-refractivity contribution in [1.82, 2.24) is 19.9 Å². The molecule has 0 aliphatic carbocycles. The van der Waals surface area contributed by atoms with Crippen molar-refractivity contribution in [2.45, 2.75) is 26.1 Å². The number of hydrogen-bond acceptors (Lipinski definition) is 7. The second kappa shape index (κ2) is 15.4. The molecule has 0 amide bonds. The third-order valence-electron chi connectivity index (χ3n) is 5.01. The Balaban J connectivity index is 0.000000211. The number of rotatable bonds is 8. The maximum absolute atomic E-state index is 14.3. The third kappa shape index (κ3) is 8.70. The Hall–Kier alpha value is -4.79. The normalized spacial score (nSPS) is 11.3. The van der Waals surface area contributed by atoms with Crippen molar-refractivity contribution in [3.63, 3.8) is 0 Å². The molecule has 0 fully saturated rings. The van der Waals surface area contributed by atoms with Gasteiger partial charge in [-0.05, 0) is 25.0 Å². The fourth-order valence-electron chi connectivity index (χ4n) is 3.12. The van der Waals surface area contributed by atoms with Gasteiger partial charge in [-0.25, -0.2) is 24.3 Å². The lowest BCUT2D eigenvalue weighted by Gasteiger charge is -2.10. The van der Waals surface area contributed by atoms with Crippen LogP contribution >= 0.6 is 0 Å². The van der Waals surface area contributed by atoms with Crippen LogP contribution in [0.25, 0.3) is 0 Å². The molecule has 0 saturated heterocycles. The lowest BCUT2D eigenvalue weighted by atomic mass is 10.1. The van der Waals surface area contributed by atoms with E-state index in [2.05, 4.69) is 43.6 Å². The van der Waals surface area contributed by atoms with E-state index in [4.69, 9.17) is 9.47 Å². The van der Waals surface area contributed by atoms with Gasteiger partial charge in [0, 0.05) is 12.1 Å². The fourth-order valence-corrected chi connectivity index (χ4v) is 3.12. The minimum atomic E-state index is -1.29. The summed E-state index contributed by atoms with van der Waals surface area (Å²) in [4.78, 5) is 15.9. The molecule has 2 aromatic carbocycles. The van der Waals surface area contributed by atoms with Crippen LogP contribution in [0.1, 0.15) is 48.6 Å². The minimum Gasteiger partial charge on any atom is -0.464 e. The third-order valence-corrected chi connectivity index (χ3v) is 5.01. The Morgan fingerprint density at radius 3 is 1.71 bits per heavy atom. The lowest BCUT2D eigenvalue weighted by Crippen LogP contribution is -2.04. The van der Waals surface area contributed by atoms with Crippen LogP contribution in [0.4, 0.5) is 4.39 Å².